The summed E-state index contributed by atoms with van der Waals surface area (Å²) in [5.41, 5.74) is 0. The molecule has 1 aliphatic rings. The molecule has 0 spiro atoms. The molecule has 1 atom stereocenters. The topological polar surface area (TPSA) is 49.8 Å². The van der Waals surface area contributed by atoms with Crippen LogP contribution in [0.2, 0.25) is 0 Å². The van der Waals surface area contributed by atoms with Gasteiger partial charge >= 0.3 is 0 Å². The first-order chi connectivity index (χ1) is 8.31. The van der Waals surface area contributed by atoms with Crippen LogP contribution in [-0.4, -0.2) is 35.1 Å². The molecule has 0 amide bonds. The highest BCUT2D eigenvalue weighted by molar-refractivity contribution is 7.99. The van der Waals surface area contributed by atoms with Crippen LogP contribution in [0.3, 0.4) is 0 Å². The summed E-state index contributed by atoms with van der Waals surface area (Å²) in [6.45, 7) is 3.10. The van der Waals surface area contributed by atoms with Crippen LogP contribution in [0.1, 0.15) is 19.2 Å². The quantitative estimate of drug-likeness (QED) is 0.841. The summed E-state index contributed by atoms with van der Waals surface area (Å²) in [4.78, 5) is 8.88. The van der Waals surface area contributed by atoms with Gasteiger partial charge in [0.05, 0.1) is 0 Å². The molecule has 2 heterocycles. The number of thioether (sulfide) groups is 1. The Morgan fingerprint density at radius 3 is 2.88 bits per heavy atom. The second-order valence-electron chi connectivity index (χ2n) is 4.27. The van der Waals surface area contributed by atoms with E-state index < -0.39 is 0 Å². The normalized spacial score (nSPS) is 19.3. The van der Waals surface area contributed by atoms with E-state index in [4.69, 9.17) is 0 Å². The van der Waals surface area contributed by atoms with E-state index in [1.807, 2.05) is 24.9 Å². The van der Waals surface area contributed by atoms with Gasteiger partial charge in [-0.25, -0.2) is 9.97 Å². The summed E-state index contributed by atoms with van der Waals surface area (Å²) < 4.78 is 0. The Balaban J connectivity index is 1.98. The largest absolute Gasteiger partial charge is 0.373 e. The highest BCUT2D eigenvalue weighted by atomic mass is 32.2. The number of nitrogens with zero attached hydrogens (tertiary/aromatic N) is 2. The van der Waals surface area contributed by atoms with Crippen LogP contribution in [0, 0.1) is 5.92 Å². The van der Waals surface area contributed by atoms with Gasteiger partial charge in [-0.15, -0.1) is 0 Å². The third kappa shape index (κ3) is 3.49. The van der Waals surface area contributed by atoms with Crippen LogP contribution in [0.25, 0.3) is 0 Å². The molecule has 0 radical (unpaired) electrons. The zero-order chi connectivity index (χ0) is 12.1. The van der Waals surface area contributed by atoms with E-state index in [2.05, 4.69) is 27.5 Å². The molecule has 0 bridgehead atoms. The van der Waals surface area contributed by atoms with E-state index in [-0.39, 0.29) is 0 Å². The lowest BCUT2D eigenvalue weighted by Crippen LogP contribution is -2.15. The molecule has 5 heteroatoms. The molecule has 1 aromatic heterocycles. The Labute approximate surface area is 107 Å². The lowest BCUT2D eigenvalue weighted by Gasteiger charge is -2.12. The summed E-state index contributed by atoms with van der Waals surface area (Å²) in [7, 11) is 1.89. The Morgan fingerprint density at radius 2 is 2.24 bits per heavy atom. The van der Waals surface area contributed by atoms with E-state index in [1.54, 1.807) is 0 Å². The highest BCUT2D eigenvalue weighted by Gasteiger charge is 2.15. The van der Waals surface area contributed by atoms with Crippen molar-refractivity contribution in [2.75, 3.05) is 35.7 Å². The van der Waals surface area contributed by atoms with Gasteiger partial charge in [-0.3, -0.25) is 0 Å². The molecule has 0 saturated carbocycles. The summed E-state index contributed by atoms with van der Waals surface area (Å²) in [5.74, 6) is 6.09. The number of anilines is 2. The molecular weight excluding hydrogens is 232 g/mol. The first-order valence-electron chi connectivity index (χ1n) is 6.19. The summed E-state index contributed by atoms with van der Waals surface area (Å²) in [6.07, 6.45) is 2.19. The van der Waals surface area contributed by atoms with Crippen LogP contribution in [0.4, 0.5) is 11.6 Å². The monoisotopic (exact) mass is 252 g/mol. The maximum Gasteiger partial charge on any atom is 0.132 e. The Morgan fingerprint density at radius 1 is 1.41 bits per heavy atom. The van der Waals surface area contributed by atoms with Gasteiger partial charge in [-0.1, -0.05) is 6.92 Å². The summed E-state index contributed by atoms with van der Waals surface area (Å²) in [6, 6.07) is 1.97. The number of aromatic nitrogens is 2. The van der Waals surface area contributed by atoms with Gasteiger partial charge in [0.1, 0.15) is 17.5 Å². The van der Waals surface area contributed by atoms with Crippen molar-refractivity contribution in [2.24, 2.45) is 5.92 Å². The van der Waals surface area contributed by atoms with Crippen molar-refractivity contribution >= 4 is 23.4 Å². The molecule has 17 heavy (non-hydrogen) atoms. The van der Waals surface area contributed by atoms with Gasteiger partial charge in [0.25, 0.3) is 0 Å². The molecule has 0 aromatic carbocycles. The van der Waals surface area contributed by atoms with Gasteiger partial charge in [0.2, 0.25) is 0 Å². The van der Waals surface area contributed by atoms with Crippen LogP contribution < -0.4 is 10.6 Å². The Bertz CT molecular complexity index is 341. The Kier molecular flexibility index (Phi) is 4.48. The van der Waals surface area contributed by atoms with Crippen molar-refractivity contribution in [3.05, 3.63) is 11.9 Å². The van der Waals surface area contributed by atoms with Crippen LogP contribution >= 0.6 is 11.8 Å². The van der Waals surface area contributed by atoms with E-state index in [9.17, 15) is 0 Å². The molecule has 1 aromatic rings. The average molecular weight is 252 g/mol. The first-order valence-corrected chi connectivity index (χ1v) is 7.34. The molecule has 4 nitrogen and oxygen atoms in total. The molecule has 94 valence electrons. The van der Waals surface area contributed by atoms with Gasteiger partial charge in [0, 0.05) is 26.1 Å². The average Bonchev–Trinajstić information content (AvgIpc) is 2.89. The summed E-state index contributed by atoms with van der Waals surface area (Å²) in [5, 5.41) is 6.51. The van der Waals surface area contributed by atoms with E-state index in [0.717, 1.165) is 36.3 Å². The predicted molar refractivity (Wildman–Crippen MR) is 74.9 cm³/mol. The van der Waals surface area contributed by atoms with Crippen molar-refractivity contribution in [3.8, 4) is 0 Å². The predicted octanol–water partition coefficient (Wildman–Crippen LogP) is 2.25. The standard InChI is InChI=1S/C12H20N4S/c1-3-10-15-11(13-2)6-12(16-10)14-7-9-4-5-17-8-9/h6,9H,3-5,7-8H2,1-2H3,(H2,13,14,15,16). The zero-order valence-corrected chi connectivity index (χ0v) is 11.3. The van der Waals surface area contributed by atoms with Crippen LogP contribution in [0.5, 0.6) is 0 Å². The smallest absolute Gasteiger partial charge is 0.132 e. The molecule has 1 fully saturated rings. The fourth-order valence-corrected chi connectivity index (χ4v) is 3.15. The fraction of sp³-hybridized carbons (Fsp3) is 0.667. The van der Waals surface area contributed by atoms with Crippen molar-refractivity contribution < 1.29 is 0 Å². The van der Waals surface area contributed by atoms with Crippen molar-refractivity contribution in [2.45, 2.75) is 19.8 Å². The fourth-order valence-electron chi connectivity index (χ4n) is 1.87. The van der Waals surface area contributed by atoms with Crippen molar-refractivity contribution in [1.82, 2.24) is 9.97 Å². The molecule has 1 unspecified atom stereocenters. The molecule has 2 rings (SSSR count). The lowest BCUT2D eigenvalue weighted by atomic mass is 10.1. The van der Waals surface area contributed by atoms with Crippen molar-refractivity contribution in [3.63, 3.8) is 0 Å². The number of hydrogen-bond donors (Lipinski definition) is 2. The third-order valence-electron chi connectivity index (χ3n) is 2.94. The molecule has 1 saturated heterocycles. The molecule has 0 aliphatic carbocycles. The second-order valence-corrected chi connectivity index (χ2v) is 5.42. The molecule has 2 N–H and O–H groups in total. The van der Waals surface area contributed by atoms with Gasteiger partial charge in [0.15, 0.2) is 0 Å². The van der Waals surface area contributed by atoms with Crippen LogP contribution in [-0.2, 0) is 6.42 Å². The highest BCUT2D eigenvalue weighted by Crippen LogP contribution is 2.23. The van der Waals surface area contributed by atoms with E-state index in [0.29, 0.717) is 0 Å². The second kappa shape index (κ2) is 6.10. The minimum absolute atomic E-state index is 0.790. The Hall–Kier alpha value is -0.970. The SMILES string of the molecule is CCc1nc(NC)cc(NCC2CCSC2)n1. The molecule has 1 aliphatic heterocycles. The number of hydrogen-bond acceptors (Lipinski definition) is 5. The van der Waals surface area contributed by atoms with Crippen molar-refractivity contribution in [1.29, 1.82) is 0 Å². The van der Waals surface area contributed by atoms with E-state index >= 15 is 0 Å². The van der Waals surface area contributed by atoms with Gasteiger partial charge < -0.3 is 10.6 Å². The summed E-state index contributed by atoms with van der Waals surface area (Å²) >= 11 is 2.05. The number of nitrogens with one attached hydrogen (secondary N) is 2. The van der Waals surface area contributed by atoms with Gasteiger partial charge in [-0.2, -0.15) is 11.8 Å². The lowest BCUT2D eigenvalue weighted by molar-refractivity contribution is 0.630. The minimum atomic E-state index is 0.790. The molecular formula is C12H20N4S. The zero-order valence-electron chi connectivity index (χ0n) is 10.5. The number of rotatable bonds is 5. The third-order valence-corrected chi connectivity index (χ3v) is 4.17. The minimum Gasteiger partial charge on any atom is -0.373 e. The maximum atomic E-state index is 4.49. The number of aryl methyl sites for hydroxylation is 1. The first kappa shape index (κ1) is 12.5. The van der Waals surface area contributed by atoms with Gasteiger partial charge in [-0.05, 0) is 23.8 Å². The van der Waals surface area contributed by atoms with Crippen LogP contribution in [0.15, 0.2) is 6.07 Å². The van der Waals surface area contributed by atoms with E-state index in [1.165, 1.54) is 17.9 Å². The maximum absolute atomic E-state index is 4.49.